The summed E-state index contributed by atoms with van der Waals surface area (Å²) in [6, 6.07) is 15.4. The van der Waals surface area contributed by atoms with Crippen molar-refractivity contribution < 1.29 is 0 Å². The molecule has 0 aliphatic heterocycles. The third-order valence-electron chi connectivity index (χ3n) is 4.94. The molecule has 1 aliphatic carbocycles. The Balaban J connectivity index is 1.97. The van der Waals surface area contributed by atoms with Crippen molar-refractivity contribution in [2.75, 3.05) is 0 Å². The molecule has 0 radical (unpaired) electrons. The van der Waals surface area contributed by atoms with Gasteiger partial charge in [0.05, 0.1) is 6.04 Å². The van der Waals surface area contributed by atoms with Crippen molar-refractivity contribution in [2.24, 2.45) is 5.84 Å². The van der Waals surface area contributed by atoms with E-state index in [2.05, 4.69) is 61.7 Å². The van der Waals surface area contributed by atoms with Gasteiger partial charge < -0.3 is 0 Å². The van der Waals surface area contributed by atoms with E-state index >= 15 is 0 Å². The number of benzene rings is 2. The highest BCUT2D eigenvalue weighted by atomic mass is 15.2. The molecule has 2 aromatic rings. The molecule has 21 heavy (non-hydrogen) atoms. The summed E-state index contributed by atoms with van der Waals surface area (Å²) in [6.07, 6.45) is 4.02. The minimum absolute atomic E-state index is 0.0601. The number of aryl methyl sites for hydroxylation is 1. The van der Waals surface area contributed by atoms with Crippen molar-refractivity contribution in [1.29, 1.82) is 0 Å². The standard InChI is InChI=1S/C19H24N2/c1-13-6-3-11-18(14(13)2)19(21-20)17-10-5-9-16(12-17)15-7-4-8-15/h3,5-6,9-12,15,19,21H,4,7-8,20H2,1-2H3. The highest BCUT2D eigenvalue weighted by Gasteiger charge is 2.21. The van der Waals surface area contributed by atoms with Gasteiger partial charge in [0.15, 0.2) is 0 Å². The molecule has 1 saturated carbocycles. The molecule has 1 aliphatic rings. The maximum Gasteiger partial charge on any atom is 0.0712 e. The average Bonchev–Trinajstić information content (AvgIpc) is 2.43. The second-order valence-electron chi connectivity index (χ2n) is 6.19. The Morgan fingerprint density at radius 1 is 1.10 bits per heavy atom. The maximum absolute atomic E-state index is 5.88. The molecule has 3 N–H and O–H groups in total. The van der Waals surface area contributed by atoms with Crippen LogP contribution in [0.25, 0.3) is 0 Å². The van der Waals surface area contributed by atoms with Gasteiger partial charge in [-0.25, -0.2) is 5.43 Å². The first-order valence-corrected chi connectivity index (χ1v) is 7.83. The van der Waals surface area contributed by atoms with Gasteiger partial charge in [-0.15, -0.1) is 0 Å². The molecule has 0 spiro atoms. The highest BCUT2D eigenvalue weighted by molar-refractivity contribution is 5.42. The fraction of sp³-hybridized carbons (Fsp3) is 0.368. The molecule has 2 aromatic carbocycles. The van der Waals surface area contributed by atoms with Crippen LogP contribution in [0.2, 0.25) is 0 Å². The minimum atomic E-state index is 0.0601. The molecule has 110 valence electrons. The number of nitrogens with one attached hydrogen (secondary N) is 1. The summed E-state index contributed by atoms with van der Waals surface area (Å²) in [5.74, 6) is 6.63. The van der Waals surface area contributed by atoms with Gasteiger partial charge in [-0.3, -0.25) is 5.84 Å². The summed E-state index contributed by atoms with van der Waals surface area (Å²) < 4.78 is 0. The van der Waals surface area contributed by atoms with Crippen molar-refractivity contribution in [1.82, 2.24) is 5.43 Å². The minimum Gasteiger partial charge on any atom is -0.271 e. The monoisotopic (exact) mass is 280 g/mol. The normalized spacial score (nSPS) is 16.5. The molecule has 0 saturated heterocycles. The molecule has 0 bridgehead atoms. The Labute approximate surface area is 127 Å². The molecular formula is C19H24N2. The number of hydrogen-bond acceptors (Lipinski definition) is 2. The van der Waals surface area contributed by atoms with Gasteiger partial charge >= 0.3 is 0 Å². The van der Waals surface area contributed by atoms with E-state index in [0.29, 0.717) is 0 Å². The van der Waals surface area contributed by atoms with Crippen LogP contribution in [-0.2, 0) is 0 Å². The summed E-state index contributed by atoms with van der Waals surface area (Å²) >= 11 is 0. The molecule has 1 fully saturated rings. The predicted molar refractivity (Wildman–Crippen MR) is 88.1 cm³/mol. The summed E-state index contributed by atoms with van der Waals surface area (Å²) in [7, 11) is 0. The van der Waals surface area contributed by atoms with E-state index < -0.39 is 0 Å². The summed E-state index contributed by atoms with van der Waals surface area (Å²) in [5, 5.41) is 0. The van der Waals surface area contributed by atoms with Crippen molar-refractivity contribution in [3.05, 3.63) is 70.3 Å². The maximum atomic E-state index is 5.88. The highest BCUT2D eigenvalue weighted by Crippen LogP contribution is 2.37. The molecular weight excluding hydrogens is 256 g/mol. The first-order chi connectivity index (χ1) is 10.2. The van der Waals surface area contributed by atoms with Crippen molar-refractivity contribution in [3.63, 3.8) is 0 Å². The second-order valence-corrected chi connectivity index (χ2v) is 6.19. The smallest absolute Gasteiger partial charge is 0.0712 e. The van der Waals surface area contributed by atoms with E-state index in [4.69, 9.17) is 5.84 Å². The van der Waals surface area contributed by atoms with Gasteiger partial charge in [0.1, 0.15) is 0 Å². The van der Waals surface area contributed by atoms with Crippen LogP contribution in [0.3, 0.4) is 0 Å². The number of hydrazine groups is 1. The van der Waals surface area contributed by atoms with Crippen LogP contribution in [0, 0.1) is 13.8 Å². The third kappa shape index (κ3) is 2.74. The Morgan fingerprint density at radius 2 is 1.86 bits per heavy atom. The van der Waals surface area contributed by atoms with Crippen LogP contribution in [0.15, 0.2) is 42.5 Å². The van der Waals surface area contributed by atoms with Crippen molar-refractivity contribution in [3.8, 4) is 0 Å². The molecule has 0 aromatic heterocycles. The van der Waals surface area contributed by atoms with Crippen LogP contribution >= 0.6 is 0 Å². The van der Waals surface area contributed by atoms with Gasteiger partial charge in [-0.2, -0.15) is 0 Å². The van der Waals surface area contributed by atoms with Gasteiger partial charge in [-0.05, 0) is 60.4 Å². The Bertz CT molecular complexity index is 629. The van der Waals surface area contributed by atoms with Gasteiger partial charge in [0, 0.05) is 0 Å². The average molecular weight is 280 g/mol. The van der Waals surface area contributed by atoms with Crippen molar-refractivity contribution in [2.45, 2.75) is 45.1 Å². The largest absolute Gasteiger partial charge is 0.271 e. The third-order valence-corrected chi connectivity index (χ3v) is 4.94. The van der Waals surface area contributed by atoms with Crippen LogP contribution in [0.1, 0.15) is 59.0 Å². The van der Waals surface area contributed by atoms with E-state index in [0.717, 1.165) is 5.92 Å². The summed E-state index contributed by atoms with van der Waals surface area (Å²) in [4.78, 5) is 0. The summed E-state index contributed by atoms with van der Waals surface area (Å²) in [6.45, 7) is 4.32. The van der Waals surface area contributed by atoms with Crippen LogP contribution in [0.4, 0.5) is 0 Å². The lowest BCUT2D eigenvalue weighted by Crippen LogP contribution is -2.29. The molecule has 2 heteroatoms. The van der Waals surface area contributed by atoms with Gasteiger partial charge in [0.25, 0.3) is 0 Å². The predicted octanol–water partition coefficient (Wildman–Crippen LogP) is 4.12. The van der Waals surface area contributed by atoms with E-state index in [1.54, 1.807) is 0 Å². The molecule has 0 amide bonds. The first-order valence-electron chi connectivity index (χ1n) is 7.83. The molecule has 1 unspecified atom stereocenters. The number of nitrogens with two attached hydrogens (primary N) is 1. The lowest BCUT2D eigenvalue weighted by Gasteiger charge is -2.27. The fourth-order valence-corrected chi connectivity index (χ4v) is 3.19. The quantitative estimate of drug-likeness (QED) is 0.653. The Hall–Kier alpha value is -1.64. The van der Waals surface area contributed by atoms with E-state index in [-0.39, 0.29) is 6.04 Å². The second kappa shape index (κ2) is 6.00. The van der Waals surface area contributed by atoms with E-state index in [9.17, 15) is 0 Å². The number of rotatable bonds is 4. The first kappa shape index (κ1) is 14.3. The topological polar surface area (TPSA) is 38.0 Å². The molecule has 0 heterocycles. The van der Waals surface area contributed by atoms with Crippen molar-refractivity contribution >= 4 is 0 Å². The number of hydrogen-bond donors (Lipinski definition) is 2. The SMILES string of the molecule is Cc1cccc(C(NN)c2cccc(C3CCC3)c2)c1C. The lowest BCUT2D eigenvalue weighted by molar-refractivity contribution is 0.419. The molecule has 1 atom stereocenters. The zero-order valence-electron chi connectivity index (χ0n) is 12.9. The molecule has 2 nitrogen and oxygen atoms in total. The zero-order chi connectivity index (χ0) is 14.8. The fourth-order valence-electron chi connectivity index (χ4n) is 3.19. The Kier molecular flexibility index (Phi) is 4.09. The van der Waals surface area contributed by atoms with E-state index in [1.807, 2.05) is 0 Å². The summed E-state index contributed by atoms with van der Waals surface area (Å²) in [5.41, 5.74) is 9.62. The van der Waals surface area contributed by atoms with Gasteiger partial charge in [0.2, 0.25) is 0 Å². The van der Waals surface area contributed by atoms with E-state index in [1.165, 1.54) is 47.1 Å². The van der Waals surface area contributed by atoms with Gasteiger partial charge in [-0.1, -0.05) is 48.9 Å². The van der Waals surface area contributed by atoms with Crippen LogP contribution < -0.4 is 11.3 Å². The Morgan fingerprint density at radius 3 is 2.52 bits per heavy atom. The molecule has 3 rings (SSSR count). The zero-order valence-corrected chi connectivity index (χ0v) is 12.9. The van der Waals surface area contributed by atoms with Crippen LogP contribution in [-0.4, -0.2) is 0 Å². The lowest BCUT2D eigenvalue weighted by atomic mass is 9.79. The van der Waals surface area contributed by atoms with Crippen LogP contribution in [0.5, 0.6) is 0 Å².